The molecule has 1 aliphatic rings. The Morgan fingerprint density at radius 3 is 2.79 bits per heavy atom. The lowest BCUT2D eigenvalue weighted by Crippen LogP contribution is -2.42. The summed E-state index contributed by atoms with van der Waals surface area (Å²) in [6.45, 7) is 1.79. The van der Waals surface area contributed by atoms with E-state index in [2.05, 4.69) is 11.0 Å². The number of rotatable bonds is 5. The molecular formula is C22H24FN3OS. The van der Waals surface area contributed by atoms with Gasteiger partial charge >= 0.3 is 0 Å². The first-order chi connectivity index (χ1) is 13.6. The summed E-state index contributed by atoms with van der Waals surface area (Å²) in [6.07, 6.45) is 3.31. The van der Waals surface area contributed by atoms with E-state index < -0.39 is 0 Å². The number of hydrogen-bond acceptors (Lipinski definition) is 4. The molecule has 4 nitrogen and oxygen atoms in total. The maximum absolute atomic E-state index is 13.1. The molecule has 1 aromatic heterocycles. The third-order valence-corrected chi connectivity index (χ3v) is 6.44. The molecule has 6 heteroatoms. The van der Waals surface area contributed by atoms with Crippen molar-refractivity contribution in [1.29, 1.82) is 0 Å². The lowest BCUT2D eigenvalue weighted by atomic mass is 10.0. The lowest BCUT2D eigenvalue weighted by Gasteiger charge is -2.34. The number of nitrogens with zero attached hydrogens (tertiary/aromatic N) is 3. The Morgan fingerprint density at radius 1 is 1.21 bits per heavy atom. The molecule has 1 fully saturated rings. The number of halogens is 1. The van der Waals surface area contributed by atoms with Gasteiger partial charge in [0.05, 0.1) is 22.8 Å². The molecule has 0 aliphatic carbocycles. The fraction of sp³-hybridized carbons (Fsp3) is 0.364. The minimum absolute atomic E-state index is 0.0809. The van der Waals surface area contributed by atoms with E-state index in [0.717, 1.165) is 41.9 Å². The van der Waals surface area contributed by atoms with E-state index in [1.165, 1.54) is 16.8 Å². The van der Waals surface area contributed by atoms with Gasteiger partial charge in [0, 0.05) is 13.6 Å². The van der Waals surface area contributed by atoms with Crippen LogP contribution in [0.2, 0.25) is 0 Å². The summed E-state index contributed by atoms with van der Waals surface area (Å²) in [5, 5.41) is 1.11. The van der Waals surface area contributed by atoms with Crippen LogP contribution >= 0.6 is 11.3 Å². The van der Waals surface area contributed by atoms with E-state index in [-0.39, 0.29) is 17.8 Å². The number of carbonyl (C=O) groups is 1. The molecular weight excluding hydrogens is 373 g/mol. The van der Waals surface area contributed by atoms with Crippen LogP contribution in [0.4, 0.5) is 4.39 Å². The fourth-order valence-electron chi connectivity index (χ4n) is 3.74. The van der Waals surface area contributed by atoms with Crippen LogP contribution in [0, 0.1) is 5.82 Å². The smallest absolute Gasteiger partial charge is 0.236 e. The number of likely N-dealkylation sites (N-methyl/N-ethyl adjacent to an activating group) is 1. The highest BCUT2D eigenvalue weighted by Crippen LogP contribution is 2.35. The highest BCUT2D eigenvalue weighted by molar-refractivity contribution is 7.18. The highest BCUT2D eigenvalue weighted by atomic mass is 32.1. The number of carbonyl (C=O) groups excluding carboxylic acids is 1. The second-order valence-electron chi connectivity index (χ2n) is 7.38. The Morgan fingerprint density at radius 2 is 2.00 bits per heavy atom. The average molecular weight is 398 g/mol. The number of aromatic nitrogens is 1. The number of amides is 1. The zero-order valence-electron chi connectivity index (χ0n) is 16.0. The van der Waals surface area contributed by atoms with Crippen molar-refractivity contribution in [1.82, 2.24) is 14.8 Å². The first kappa shape index (κ1) is 19.0. The predicted octanol–water partition coefficient (Wildman–Crippen LogP) is 4.62. The van der Waals surface area contributed by atoms with Gasteiger partial charge < -0.3 is 4.90 Å². The number of likely N-dealkylation sites (tertiary alicyclic amines) is 1. The standard InChI is InChI=1S/C22H24FN3OS/c1-25(14-16-9-11-17(23)12-10-16)21(27)15-26-13-5-4-7-19(26)22-24-18-6-2-3-8-20(18)28-22/h2-3,6,8-12,19H,4-5,7,13-15H2,1H3. The Labute approximate surface area is 168 Å². The maximum atomic E-state index is 13.1. The number of hydrogen-bond donors (Lipinski definition) is 0. The monoisotopic (exact) mass is 397 g/mol. The van der Waals surface area contributed by atoms with Crippen LogP contribution in [0.25, 0.3) is 10.2 Å². The van der Waals surface area contributed by atoms with Crippen molar-refractivity contribution in [3.63, 3.8) is 0 Å². The minimum Gasteiger partial charge on any atom is -0.340 e. The van der Waals surface area contributed by atoms with Crippen molar-refractivity contribution in [2.24, 2.45) is 0 Å². The molecule has 0 radical (unpaired) electrons. The molecule has 0 bridgehead atoms. The fourth-order valence-corrected chi connectivity index (χ4v) is 4.88. The molecule has 0 N–H and O–H groups in total. The third-order valence-electron chi connectivity index (χ3n) is 5.31. The first-order valence-corrected chi connectivity index (χ1v) is 10.5. The third kappa shape index (κ3) is 4.23. The molecule has 1 aliphatic heterocycles. The van der Waals surface area contributed by atoms with Crippen molar-refractivity contribution in [2.45, 2.75) is 31.8 Å². The molecule has 1 amide bonds. The molecule has 146 valence electrons. The van der Waals surface area contributed by atoms with Gasteiger partial charge in [-0.1, -0.05) is 30.7 Å². The van der Waals surface area contributed by atoms with Gasteiger partial charge in [0.1, 0.15) is 10.8 Å². The van der Waals surface area contributed by atoms with Crippen LogP contribution in [0.15, 0.2) is 48.5 Å². The lowest BCUT2D eigenvalue weighted by molar-refractivity contribution is -0.132. The zero-order valence-corrected chi connectivity index (χ0v) is 16.8. The maximum Gasteiger partial charge on any atom is 0.236 e. The van der Waals surface area contributed by atoms with Gasteiger partial charge in [-0.25, -0.2) is 9.37 Å². The van der Waals surface area contributed by atoms with Crippen LogP contribution in [0.1, 0.15) is 35.9 Å². The minimum atomic E-state index is -0.260. The van der Waals surface area contributed by atoms with Crippen LogP contribution in [-0.4, -0.2) is 40.8 Å². The van der Waals surface area contributed by atoms with Gasteiger partial charge in [-0.15, -0.1) is 11.3 Å². The number of thiazole rings is 1. The van der Waals surface area contributed by atoms with Crippen LogP contribution in [0.3, 0.4) is 0 Å². The summed E-state index contributed by atoms with van der Waals surface area (Å²) in [5.74, 6) is -0.179. The number of benzene rings is 2. The molecule has 0 saturated carbocycles. The highest BCUT2D eigenvalue weighted by Gasteiger charge is 2.29. The second kappa shape index (κ2) is 8.37. The van der Waals surface area contributed by atoms with Gasteiger partial charge in [0.25, 0.3) is 0 Å². The summed E-state index contributed by atoms with van der Waals surface area (Å²) in [4.78, 5) is 21.6. The van der Waals surface area contributed by atoms with Gasteiger partial charge in [-0.05, 0) is 49.2 Å². The van der Waals surface area contributed by atoms with Crippen molar-refractivity contribution in [2.75, 3.05) is 20.1 Å². The Kier molecular flexibility index (Phi) is 5.69. The Balaban J connectivity index is 1.45. The van der Waals surface area contributed by atoms with Gasteiger partial charge in [0.2, 0.25) is 5.91 Å². The normalized spacial score (nSPS) is 17.7. The molecule has 1 saturated heterocycles. The van der Waals surface area contributed by atoms with E-state index in [1.54, 1.807) is 28.4 Å². The second-order valence-corrected chi connectivity index (χ2v) is 8.44. The molecule has 1 atom stereocenters. The average Bonchev–Trinajstić information content (AvgIpc) is 3.14. The summed E-state index contributed by atoms with van der Waals surface area (Å²) in [7, 11) is 1.81. The Hall–Kier alpha value is -2.31. The number of fused-ring (bicyclic) bond motifs is 1. The van der Waals surface area contributed by atoms with Crippen molar-refractivity contribution < 1.29 is 9.18 Å². The van der Waals surface area contributed by atoms with E-state index in [1.807, 2.05) is 25.2 Å². The summed E-state index contributed by atoms with van der Waals surface area (Å²) >= 11 is 1.73. The summed E-state index contributed by atoms with van der Waals surface area (Å²) in [5.41, 5.74) is 1.96. The summed E-state index contributed by atoms with van der Waals surface area (Å²) in [6, 6.07) is 14.7. The van der Waals surface area contributed by atoms with Crippen LogP contribution < -0.4 is 0 Å². The van der Waals surface area contributed by atoms with Crippen molar-refractivity contribution >= 4 is 27.5 Å². The van der Waals surface area contributed by atoms with Gasteiger partial charge in [-0.3, -0.25) is 9.69 Å². The zero-order chi connectivity index (χ0) is 19.5. The molecule has 1 unspecified atom stereocenters. The van der Waals surface area contributed by atoms with Crippen molar-refractivity contribution in [3.8, 4) is 0 Å². The predicted molar refractivity (Wildman–Crippen MR) is 111 cm³/mol. The summed E-state index contributed by atoms with van der Waals surface area (Å²) < 4.78 is 14.3. The van der Waals surface area contributed by atoms with E-state index >= 15 is 0 Å². The van der Waals surface area contributed by atoms with E-state index in [4.69, 9.17) is 4.98 Å². The quantitative estimate of drug-likeness (QED) is 0.630. The van der Waals surface area contributed by atoms with Crippen molar-refractivity contribution in [3.05, 3.63) is 64.9 Å². The molecule has 3 aromatic rings. The Bertz CT molecular complexity index is 923. The van der Waals surface area contributed by atoms with E-state index in [9.17, 15) is 9.18 Å². The van der Waals surface area contributed by atoms with Crippen LogP contribution in [0.5, 0.6) is 0 Å². The largest absolute Gasteiger partial charge is 0.340 e. The molecule has 2 heterocycles. The molecule has 4 rings (SSSR count). The van der Waals surface area contributed by atoms with Gasteiger partial charge in [-0.2, -0.15) is 0 Å². The molecule has 28 heavy (non-hydrogen) atoms. The van der Waals surface area contributed by atoms with E-state index in [0.29, 0.717) is 13.1 Å². The number of para-hydroxylation sites is 1. The first-order valence-electron chi connectivity index (χ1n) is 9.68. The molecule has 2 aromatic carbocycles. The topological polar surface area (TPSA) is 36.4 Å². The SMILES string of the molecule is CN(Cc1ccc(F)cc1)C(=O)CN1CCCCC1c1nc2ccccc2s1. The molecule has 0 spiro atoms. The number of piperidine rings is 1. The van der Waals surface area contributed by atoms with Gasteiger partial charge in [0.15, 0.2) is 0 Å². The van der Waals surface area contributed by atoms with Crippen LogP contribution in [-0.2, 0) is 11.3 Å².